The van der Waals surface area contributed by atoms with Gasteiger partial charge in [0.25, 0.3) is 0 Å². The minimum absolute atomic E-state index is 0.0582. The summed E-state index contributed by atoms with van der Waals surface area (Å²) in [5.41, 5.74) is 0.743. The van der Waals surface area contributed by atoms with E-state index in [1.165, 1.54) is 12.8 Å². The molecule has 1 fully saturated rings. The van der Waals surface area contributed by atoms with E-state index in [4.69, 9.17) is 9.84 Å². The molecule has 1 aromatic carbocycles. The zero-order valence-corrected chi connectivity index (χ0v) is 12.8. The summed E-state index contributed by atoms with van der Waals surface area (Å²) in [5, 5.41) is 22.3. The predicted molar refractivity (Wildman–Crippen MR) is 83.4 cm³/mol. The molecule has 1 saturated carbocycles. The van der Waals surface area contributed by atoms with E-state index in [1.54, 1.807) is 0 Å². The fraction of sp³-hybridized carbons (Fsp3) is 0.647. The van der Waals surface area contributed by atoms with Crippen LogP contribution in [0, 0.1) is 0 Å². The van der Waals surface area contributed by atoms with Crippen molar-refractivity contribution in [1.82, 2.24) is 5.32 Å². The first-order chi connectivity index (χ1) is 10.2. The molecule has 0 radical (unpaired) electrons. The topological polar surface area (TPSA) is 61.7 Å². The van der Waals surface area contributed by atoms with Crippen LogP contribution in [0.2, 0.25) is 0 Å². The van der Waals surface area contributed by atoms with E-state index in [2.05, 4.69) is 12.2 Å². The summed E-state index contributed by atoms with van der Waals surface area (Å²) in [6.45, 7) is 3.01. The monoisotopic (exact) mass is 293 g/mol. The Balaban J connectivity index is 1.73. The number of aliphatic hydroxyl groups is 2. The van der Waals surface area contributed by atoms with Crippen molar-refractivity contribution in [3.8, 4) is 5.75 Å². The first-order valence-electron chi connectivity index (χ1n) is 7.92. The molecular weight excluding hydrogens is 266 g/mol. The maximum Gasteiger partial charge on any atom is 0.119 e. The van der Waals surface area contributed by atoms with E-state index in [0.717, 1.165) is 30.6 Å². The van der Waals surface area contributed by atoms with Gasteiger partial charge in [0.1, 0.15) is 5.75 Å². The van der Waals surface area contributed by atoms with Crippen LogP contribution in [0.3, 0.4) is 0 Å². The molecule has 0 amide bonds. The van der Waals surface area contributed by atoms with Crippen molar-refractivity contribution in [3.05, 3.63) is 29.8 Å². The van der Waals surface area contributed by atoms with Crippen molar-refractivity contribution < 1.29 is 14.9 Å². The zero-order valence-electron chi connectivity index (χ0n) is 12.8. The molecule has 0 saturated heterocycles. The third kappa shape index (κ3) is 4.99. The highest BCUT2D eigenvalue weighted by molar-refractivity contribution is 5.26. The molecule has 1 aromatic rings. The Labute approximate surface area is 127 Å². The van der Waals surface area contributed by atoms with Crippen molar-refractivity contribution >= 4 is 0 Å². The summed E-state index contributed by atoms with van der Waals surface area (Å²) >= 11 is 0. The van der Waals surface area contributed by atoms with Crippen LogP contribution in [-0.4, -0.2) is 35.0 Å². The van der Waals surface area contributed by atoms with E-state index in [-0.39, 0.29) is 18.8 Å². The molecule has 1 aliphatic carbocycles. The number of rotatable bonds is 10. The van der Waals surface area contributed by atoms with Gasteiger partial charge in [-0.15, -0.1) is 0 Å². The molecule has 0 aliphatic heterocycles. The molecule has 1 atom stereocenters. The number of benzene rings is 1. The molecule has 0 heterocycles. The minimum atomic E-state index is -0.148. The standard InChI is InChI=1S/C17H27NO3/c1-2-17(13-20,18-15-6-7-15)10-3-11-21-16-8-4-14(12-19)5-9-16/h4-5,8-9,15,18-20H,2-3,6-7,10-13H2,1H3. The minimum Gasteiger partial charge on any atom is -0.494 e. The SMILES string of the molecule is CCC(CO)(CCCOc1ccc(CO)cc1)NC1CC1. The summed E-state index contributed by atoms with van der Waals surface area (Å²) in [6, 6.07) is 8.10. The molecular formula is C17H27NO3. The van der Waals surface area contributed by atoms with E-state index in [9.17, 15) is 5.11 Å². The summed E-state index contributed by atoms with van der Waals surface area (Å²) in [7, 11) is 0. The molecule has 21 heavy (non-hydrogen) atoms. The quantitative estimate of drug-likeness (QED) is 0.579. The second kappa shape index (κ2) is 7.78. The Kier molecular flexibility index (Phi) is 6.03. The van der Waals surface area contributed by atoms with Crippen LogP contribution in [0.25, 0.3) is 0 Å². The largest absolute Gasteiger partial charge is 0.494 e. The molecule has 4 heteroatoms. The van der Waals surface area contributed by atoms with Gasteiger partial charge in [-0.05, 0) is 49.8 Å². The molecule has 0 spiro atoms. The van der Waals surface area contributed by atoms with E-state index in [0.29, 0.717) is 12.6 Å². The van der Waals surface area contributed by atoms with Gasteiger partial charge in [-0.1, -0.05) is 19.1 Å². The first-order valence-corrected chi connectivity index (χ1v) is 7.92. The molecule has 0 bridgehead atoms. The molecule has 1 aliphatic rings. The Morgan fingerprint density at radius 3 is 2.48 bits per heavy atom. The van der Waals surface area contributed by atoms with Crippen LogP contribution in [0.4, 0.5) is 0 Å². The maximum absolute atomic E-state index is 9.70. The van der Waals surface area contributed by atoms with Crippen molar-refractivity contribution in [2.45, 2.75) is 57.2 Å². The zero-order chi connectivity index (χ0) is 15.1. The van der Waals surface area contributed by atoms with Crippen LogP contribution in [0.5, 0.6) is 5.75 Å². The Morgan fingerprint density at radius 1 is 1.24 bits per heavy atom. The molecule has 2 rings (SSSR count). The number of hydrogen-bond acceptors (Lipinski definition) is 4. The number of nitrogens with one attached hydrogen (secondary N) is 1. The predicted octanol–water partition coefficient (Wildman–Crippen LogP) is 2.23. The van der Waals surface area contributed by atoms with Crippen molar-refractivity contribution in [2.75, 3.05) is 13.2 Å². The van der Waals surface area contributed by atoms with Gasteiger partial charge < -0.3 is 20.3 Å². The average molecular weight is 293 g/mol. The highest BCUT2D eigenvalue weighted by Crippen LogP contribution is 2.27. The molecule has 0 aromatic heterocycles. The van der Waals surface area contributed by atoms with E-state index < -0.39 is 0 Å². The maximum atomic E-state index is 9.70. The van der Waals surface area contributed by atoms with Crippen LogP contribution in [0.15, 0.2) is 24.3 Å². The van der Waals surface area contributed by atoms with E-state index >= 15 is 0 Å². The fourth-order valence-electron chi connectivity index (χ4n) is 2.54. The Bertz CT molecular complexity index is 411. The van der Waals surface area contributed by atoms with Crippen LogP contribution < -0.4 is 10.1 Å². The lowest BCUT2D eigenvalue weighted by molar-refractivity contribution is 0.136. The molecule has 4 nitrogen and oxygen atoms in total. The van der Waals surface area contributed by atoms with Crippen LogP contribution >= 0.6 is 0 Å². The molecule has 1 unspecified atom stereocenters. The third-order valence-electron chi connectivity index (χ3n) is 4.24. The van der Waals surface area contributed by atoms with Crippen LogP contribution in [0.1, 0.15) is 44.6 Å². The Hall–Kier alpha value is -1.10. The molecule has 3 N–H and O–H groups in total. The lowest BCUT2D eigenvalue weighted by Crippen LogP contribution is -2.49. The van der Waals surface area contributed by atoms with Gasteiger partial charge >= 0.3 is 0 Å². The fourth-order valence-corrected chi connectivity index (χ4v) is 2.54. The smallest absolute Gasteiger partial charge is 0.119 e. The van der Waals surface area contributed by atoms with Gasteiger partial charge in [0.2, 0.25) is 0 Å². The summed E-state index contributed by atoms with van der Waals surface area (Å²) in [4.78, 5) is 0. The van der Waals surface area contributed by atoms with Gasteiger partial charge in [-0.3, -0.25) is 0 Å². The second-order valence-corrected chi connectivity index (χ2v) is 5.96. The molecule has 118 valence electrons. The highest BCUT2D eigenvalue weighted by atomic mass is 16.5. The van der Waals surface area contributed by atoms with Gasteiger partial charge in [-0.2, -0.15) is 0 Å². The summed E-state index contributed by atoms with van der Waals surface area (Å²) in [6.07, 6.45) is 5.23. The van der Waals surface area contributed by atoms with E-state index in [1.807, 2.05) is 24.3 Å². The third-order valence-corrected chi connectivity index (χ3v) is 4.24. The summed E-state index contributed by atoms with van der Waals surface area (Å²) in [5.74, 6) is 0.827. The normalized spacial score (nSPS) is 17.5. The number of ether oxygens (including phenoxy) is 1. The number of hydrogen-bond donors (Lipinski definition) is 3. The van der Waals surface area contributed by atoms with Gasteiger partial charge in [0, 0.05) is 11.6 Å². The van der Waals surface area contributed by atoms with Crippen LogP contribution in [-0.2, 0) is 6.61 Å². The average Bonchev–Trinajstić information content (AvgIpc) is 3.35. The van der Waals surface area contributed by atoms with Crippen molar-refractivity contribution in [2.24, 2.45) is 0 Å². The van der Waals surface area contributed by atoms with Gasteiger partial charge in [0.15, 0.2) is 0 Å². The van der Waals surface area contributed by atoms with Crippen molar-refractivity contribution in [3.63, 3.8) is 0 Å². The lowest BCUT2D eigenvalue weighted by atomic mass is 9.91. The van der Waals surface area contributed by atoms with Gasteiger partial charge in [0.05, 0.1) is 19.8 Å². The lowest BCUT2D eigenvalue weighted by Gasteiger charge is -2.32. The van der Waals surface area contributed by atoms with Crippen molar-refractivity contribution in [1.29, 1.82) is 0 Å². The number of aliphatic hydroxyl groups excluding tert-OH is 2. The summed E-state index contributed by atoms with van der Waals surface area (Å²) < 4.78 is 5.72. The van der Waals surface area contributed by atoms with Gasteiger partial charge in [-0.25, -0.2) is 0 Å². The second-order valence-electron chi connectivity index (χ2n) is 5.96. The highest BCUT2D eigenvalue weighted by Gasteiger charge is 2.33. The Morgan fingerprint density at radius 2 is 1.95 bits per heavy atom. The first kappa shape index (κ1) is 16.3.